The molecule has 0 unspecified atom stereocenters. The van der Waals surface area contributed by atoms with Crippen LogP contribution in [0, 0.1) is 6.92 Å². The first-order valence-electron chi connectivity index (χ1n) is 8.10. The van der Waals surface area contributed by atoms with Crippen molar-refractivity contribution >= 4 is 21.4 Å². The van der Waals surface area contributed by atoms with Gasteiger partial charge in [0.25, 0.3) is 0 Å². The van der Waals surface area contributed by atoms with Crippen molar-refractivity contribution in [3.05, 3.63) is 100 Å². The van der Waals surface area contributed by atoms with E-state index in [9.17, 15) is 0 Å². The lowest BCUT2D eigenvalue weighted by Gasteiger charge is -2.07. The molecule has 2 aromatic carbocycles. The van der Waals surface area contributed by atoms with Crippen molar-refractivity contribution < 1.29 is 0 Å². The van der Waals surface area contributed by atoms with E-state index in [0.717, 1.165) is 10.9 Å². The van der Waals surface area contributed by atoms with Crippen LogP contribution >= 0.6 is 15.9 Å². The van der Waals surface area contributed by atoms with E-state index in [4.69, 9.17) is 0 Å². The first kappa shape index (κ1) is 15.2. The van der Waals surface area contributed by atoms with Crippen molar-refractivity contribution in [2.24, 2.45) is 0 Å². The fourth-order valence-corrected chi connectivity index (χ4v) is 3.38. The summed E-state index contributed by atoms with van der Waals surface area (Å²) in [5.74, 6) is 0. The van der Waals surface area contributed by atoms with Crippen LogP contribution in [-0.4, -0.2) is 4.40 Å². The zero-order chi connectivity index (χ0) is 16.5. The summed E-state index contributed by atoms with van der Waals surface area (Å²) in [6.07, 6.45) is 5.41. The minimum atomic E-state index is 0.974. The summed E-state index contributed by atoms with van der Waals surface area (Å²) < 4.78 is 3.33. The Labute approximate surface area is 150 Å². The molecule has 4 rings (SSSR count). The lowest BCUT2D eigenvalue weighted by atomic mass is 10.0. The molecule has 2 heterocycles. The number of hydrogen-bond donors (Lipinski definition) is 0. The van der Waals surface area contributed by atoms with Crippen LogP contribution in [0.1, 0.15) is 16.7 Å². The third kappa shape index (κ3) is 3.02. The number of aromatic nitrogens is 1. The normalized spacial score (nSPS) is 11.1. The molecule has 2 aromatic heterocycles. The van der Waals surface area contributed by atoms with Crippen LogP contribution in [0.15, 0.2) is 83.6 Å². The maximum Gasteiger partial charge on any atom is 0.0459 e. The molecule has 0 atom stereocenters. The summed E-state index contributed by atoms with van der Waals surface area (Å²) >= 11 is 3.50. The minimum Gasteiger partial charge on any atom is -0.323 e. The van der Waals surface area contributed by atoms with E-state index >= 15 is 0 Å². The molecule has 0 saturated carbocycles. The maximum absolute atomic E-state index is 3.50. The van der Waals surface area contributed by atoms with Crippen LogP contribution in [0.5, 0.6) is 0 Å². The van der Waals surface area contributed by atoms with Gasteiger partial charge in [-0.15, -0.1) is 0 Å². The topological polar surface area (TPSA) is 4.41 Å². The Hall–Kier alpha value is -2.32. The van der Waals surface area contributed by atoms with Gasteiger partial charge < -0.3 is 4.40 Å². The number of hydrogen-bond acceptors (Lipinski definition) is 0. The highest BCUT2D eigenvalue weighted by Crippen LogP contribution is 2.26. The smallest absolute Gasteiger partial charge is 0.0459 e. The van der Waals surface area contributed by atoms with E-state index < -0.39 is 0 Å². The Morgan fingerprint density at radius 3 is 2.33 bits per heavy atom. The molecular weight excluding hydrogens is 358 g/mol. The van der Waals surface area contributed by atoms with Gasteiger partial charge in [0.1, 0.15) is 0 Å². The van der Waals surface area contributed by atoms with Gasteiger partial charge in [0.15, 0.2) is 0 Å². The molecule has 0 radical (unpaired) electrons. The Bertz CT molecular complexity index is 982. The lowest BCUT2D eigenvalue weighted by molar-refractivity contribution is 1.09. The average molecular weight is 376 g/mol. The molecule has 0 fully saturated rings. The van der Waals surface area contributed by atoms with Crippen LogP contribution in [0.4, 0.5) is 0 Å². The van der Waals surface area contributed by atoms with E-state index in [1.165, 1.54) is 33.3 Å². The minimum absolute atomic E-state index is 0.974. The SMILES string of the molecule is Cc1cn2cc(-c3ccc(Br)cc3)cc2cc1Cc1ccccc1. The fraction of sp³-hybridized carbons (Fsp3) is 0.0909. The van der Waals surface area contributed by atoms with Crippen molar-refractivity contribution in [2.45, 2.75) is 13.3 Å². The number of halogens is 1. The van der Waals surface area contributed by atoms with Crippen molar-refractivity contribution in [1.82, 2.24) is 4.40 Å². The summed E-state index contributed by atoms with van der Waals surface area (Å²) in [6, 6.07) is 23.7. The zero-order valence-corrected chi connectivity index (χ0v) is 15.1. The number of aryl methyl sites for hydroxylation is 1. The molecule has 118 valence electrons. The monoisotopic (exact) mass is 375 g/mol. The highest BCUT2D eigenvalue weighted by atomic mass is 79.9. The quantitative estimate of drug-likeness (QED) is 0.397. The molecule has 2 heteroatoms. The molecular formula is C22H18BrN. The summed E-state index contributed by atoms with van der Waals surface area (Å²) in [7, 11) is 0. The Morgan fingerprint density at radius 1 is 0.833 bits per heavy atom. The maximum atomic E-state index is 3.50. The second kappa shape index (κ2) is 6.29. The first-order valence-corrected chi connectivity index (χ1v) is 8.89. The van der Waals surface area contributed by atoms with Gasteiger partial charge in [-0.1, -0.05) is 58.4 Å². The van der Waals surface area contributed by atoms with Crippen molar-refractivity contribution in [3.63, 3.8) is 0 Å². The van der Waals surface area contributed by atoms with E-state index in [0.29, 0.717) is 0 Å². The number of benzene rings is 2. The standard InChI is InChI=1S/C22H18BrN/c1-16-14-24-15-20(18-7-9-21(23)10-8-18)13-22(24)12-19(16)11-17-5-3-2-4-6-17/h2-10,12-15H,11H2,1H3. The van der Waals surface area contributed by atoms with Crippen LogP contribution in [0.3, 0.4) is 0 Å². The highest BCUT2D eigenvalue weighted by molar-refractivity contribution is 9.10. The van der Waals surface area contributed by atoms with Crippen LogP contribution in [0.2, 0.25) is 0 Å². The van der Waals surface area contributed by atoms with Crippen molar-refractivity contribution in [2.75, 3.05) is 0 Å². The Morgan fingerprint density at radius 2 is 1.58 bits per heavy atom. The van der Waals surface area contributed by atoms with E-state index in [2.05, 4.69) is 106 Å². The van der Waals surface area contributed by atoms with E-state index in [-0.39, 0.29) is 0 Å². The van der Waals surface area contributed by atoms with Gasteiger partial charge in [0.2, 0.25) is 0 Å². The van der Waals surface area contributed by atoms with Gasteiger partial charge >= 0.3 is 0 Å². The Balaban J connectivity index is 1.73. The average Bonchev–Trinajstić information content (AvgIpc) is 2.99. The van der Waals surface area contributed by atoms with Gasteiger partial charge in [-0.25, -0.2) is 0 Å². The summed E-state index contributed by atoms with van der Waals surface area (Å²) in [5.41, 5.74) is 7.79. The first-order chi connectivity index (χ1) is 11.7. The molecule has 1 nitrogen and oxygen atoms in total. The van der Waals surface area contributed by atoms with Gasteiger partial charge in [-0.2, -0.15) is 0 Å². The van der Waals surface area contributed by atoms with E-state index in [1.807, 2.05) is 0 Å². The summed E-state index contributed by atoms with van der Waals surface area (Å²) in [4.78, 5) is 0. The second-order valence-electron chi connectivity index (χ2n) is 6.21. The molecule has 0 aliphatic rings. The van der Waals surface area contributed by atoms with Gasteiger partial charge in [0.05, 0.1) is 0 Å². The highest BCUT2D eigenvalue weighted by Gasteiger charge is 2.07. The van der Waals surface area contributed by atoms with Gasteiger partial charge in [-0.3, -0.25) is 0 Å². The molecule has 0 aliphatic heterocycles. The van der Waals surface area contributed by atoms with Crippen LogP contribution in [-0.2, 0) is 6.42 Å². The largest absolute Gasteiger partial charge is 0.323 e. The summed E-state index contributed by atoms with van der Waals surface area (Å²) in [5, 5.41) is 0. The fourth-order valence-electron chi connectivity index (χ4n) is 3.11. The van der Waals surface area contributed by atoms with Crippen molar-refractivity contribution in [3.8, 4) is 11.1 Å². The predicted molar refractivity (Wildman–Crippen MR) is 105 cm³/mol. The zero-order valence-electron chi connectivity index (χ0n) is 13.5. The van der Waals surface area contributed by atoms with E-state index in [1.54, 1.807) is 0 Å². The third-order valence-corrected chi connectivity index (χ3v) is 4.98. The van der Waals surface area contributed by atoms with Crippen LogP contribution in [0.25, 0.3) is 16.6 Å². The molecule has 24 heavy (non-hydrogen) atoms. The third-order valence-electron chi connectivity index (χ3n) is 4.46. The number of pyridine rings is 1. The number of nitrogens with zero attached hydrogens (tertiary/aromatic N) is 1. The molecule has 0 aliphatic carbocycles. The summed E-state index contributed by atoms with van der Waals surface area (Å²) in [6.45, 7) is 2.19. The van der Waals surface area contributed by atoms with Crippen LogP contribution < -0.4 is 0 Å². The number of rotatable bonds is 3. The molecule has 4 aromatic rings. The second-order valence-corrected chi connectivity index (χ2v) is 7.13. The molecule has 0 amide bonds. The predicted octanol–water partition coefficient (Wildman–Crippen LogP) is 6.27. The molecule has 0 N–H and O–H groups in total. The van der Waals surface area contributed by atoms with Crippen molar-refractivity contribution in [1.29, 1.82) is 0 Å². The molecule has 0 bridgehead atoms. The Kier molecular flexibility index (Phi) is 3.99. The van der Waals surface area contributed by atoms with Gasteiger partial charge in [-0.05, 0) is 59.9 Å². The molecule has 0 saturated heterocycles. The molecule has 0 spiro atoms. The lowest BCUT2D eigenvalue weighted by Crippen LogP contribution is -1.94. The van der Waals surface area contributed by atoms with Gasteiger partial charge in [0, 0.05) is 27.9 Å². The number of fused-ring (bicyclic) bond motifs is 1.